The second-order valence-corrected chi connectivity index (χ2v) is 7.23. The standard InChI is InChI=1S/C11H18N4O5S/c1-21(19,20)15-4-2-3-7(6-15)12-9(16)5-8-10(17)14-11(18)13-8/h7-8H,2-6H2,1H3,(H,12,16)(H2,13,14,17,18)/t7-,8-/m0/s1. The van der Waals surface area contributed by atoms with E-state index >= 15 is 0 Å². The summed E-state index contributed by atoms with van der Waals surface area (Å²) in [5.74, 6) is -0.922. The van der Waals surface area contributed by atoms with Crippen molar-refractivity contribution in [3.63, 3.8) is 0 Å². The molecule has 118 valence electrons. The quantitative estimate of drug-likeness (QED) is 0.524. The van der Waals surface area contributed by atoms with E-state index in [0.717, 1.165) is 6.26 Å². The van der Waals surface area contributed by atoms with Crippen LogP contribution in [0.4, 0.5) is 4.79 Å². The van der Waals surface area contributed by atoms with Crippen LogP contribution in [0.15, 0.2) is 0 Å². The van der Waals surface area contributed by atoms with E-state index in [1.165, 1.54) is 4.31 Å². The Labute approximate surface area is 122 Å². The highest BCUT2D eigenvalue weighted by molar-refractivity contribution is 7.88. The molecule has 0 saturated carbocycles. The summed E-state index contributed by atoms with van der Waals surface area (Å²) in [5.41, 5.74) is 0. The van der Waals surface area contributed by atoms with Gasteiger partial charge < -0.3 is 10.6 Å². The lowest BCUT2D eigenvalue weighted by Gasteiger charge is -2.31. The maximum Gasteiger partial charge on any atom is 0.322 e. The normalized spacial score (nSPS) is 27.1. The zero-order valence-corrected chi connectivity index (χ0v) is 12.4. The van der Waals surface area contributed by atoms with Crippen LogP contribution in [0.25, 0.3) is 0 Å². The number of urea groups is 1. The number of piperidine rings is 1. The largest absolute Gasteiger partial charge is 0.352 e. The summed E-state index contributed by atoms with van der Waals surface area (Å²) in [6.45, 7) is 0.681. The number of nitrogens with zero attached hydrogens (tertiary/aromatic N) is 1. The second-order valence-electron chi connectivity index (χ2n) is 5.25. The molecule has 2 aliphatic rings. The molecule has 0 bridgehead atoms. The first kappa shape index (κ1) is 15.7. The van der Waals surface area contributed by atoms with Crippen LogP contribution in [0.3, 0.4) is 0 Å². The van der Waals surface area contributed by atoms with Gasteiger partial charge in [0.05, 0.1) is 12.7 Å². The van der Waals surface area contributed by atoms with E-state index in [2.05, 4.69) is 10.6 Å². The zero-order chi connectivity index (χ0) is 15.6. The summed E-state index contributed by atoms with van der Waals surface area (Å²) in [7, 11) is -3.27. The Balaban J connectivity index is 1.85. The average molecular weight is 318 g/mol. The van der Waals surface area contributed by atoms with Gasteiger partial charge in [-0.1, -0.05) is 0 Å². The molecule has 3 N–H and O–H groups in total. The minimum absolute atomic E-state index is 0.160. The predicted octanol–water partition coefficient (Wildman–Crippen LogP) is -1.88. The molecule has 21 heavy (non-hydrogen) atoms. The maximum atomic E-state index is 11.9. The lowest BCUT2D eigenvalue weighted by molar-refractivity contribution is -0.127. The van der Waals surface area contributed by atoms with Gasteiger partial charge in [-0.3, -0.25) is 14.9 Å². The van der Waals surface area contributed by atoms with Crippen LogP contribution < -0.4 is 16.0 Å². The fourth-order valence-electron chi connectivity index (χ4n) is 2.44. The molecule has 2 rings (SSSR count). The molecule has 0 unspecified atom stereocenters. The SMILES string of the molecule is CS(=O)(=O)N1CCC[C@H](NC(=O)C[C@@H]2NC(=O)NC2=O)C1. The predicted molar refractivity (Wildman–Crippen MR) is 72.7 cm³/mol. The average Bonchev–Trinajstić information content (AvgIpc) is 2.67. The number of hydrogen-bond acceptors (Lipinski definition) is 5. The molecule has 4 amide bonds. The van der Waals surface area contributed by atoms with Crippen molar-refractivity contribution in [1.29, 1.82) is 0 Å². The molecule has 2 saturated heterocycles. The Morgan fingerprint density at radius 3 is 2.71 bits per heavy atom. The maximum absolute atomic E-state index is 11.9. The van der Waals surface area contributed by atoms with E-state index in [4.69, 9.17) is 0 Å². The number of rotatable bonds is 4. The molecule has 9 nitrogen and oxygen atoms in total. The first-order chi connectivity index (χ1) is 9.75. The summed E-state index contributed by atoms with van der Waals surface area (Å²) < 4.78 is 24.3. The van der Waals surface area contributed by atoms with Gasteiger partial charge in [-0.05, 0) is 12.8 Å². The third-order valence-corrected chi connectivity index (χ3v) is 4.74. The van der Waals surface area contributed by atoms with Crippen LogP contribution in [0, 0.1) is 0 Å². The van der Waals surface area contributed by atoms with E-state index in [1.807, 2.05) is 5.32 Å². The van der Waals surface area contributed by atoms with Gasteiger partial charge in [0, 0.05) is 19.1 Å². The van der Waals surface area contributed by atoms with Crippen LogP contribution >= 0.6 is 0 Å². The van der Waals surface area contributed by atoms with Crippen LogP contribution in [-0.4, -0.2) is 62.0 Å². The van der Waals surface area contributed by atoms with E-state index in [-0.39, 0.29) is 19.0 Å². The third-order valence-electron chi connectivity index (χ3n) is 3.47. The van der Waals surface area contributed by atoms with E-state index < -0.39 is 33.9 Å². The summed E-state index contributed by atoms with van der Waals surface area (Å²) in [6, 6.07) is -1.76. The molecule has 0 aliphatic carbocycles. The van der Waals surface area contributed by atoms with E-state index in [9.17, 15) is 22.8 Å². The number of carbonyl (C=O) groups is 3. The third kappa shape index (κ3) is 4.14. The lowest BCUT2D eigenvalue weighted by Crippen LogP contribution is -2.50. The number of nitrogens with one attached hydrogen (secondary N) is 3. The highest BCUT2D eigenvalue weighted by Gasteiger charge is 2.32. The molecular formula is C11H18N4O5S. The number of imide groups is 1. The molecule has 2 atom stereocenters. The summed E-state index contributed by atoms with van der Waals surface area (Å²) in [5, 5.41) is 7.09. The molecule has 2 fully saturated rings. The van der Waals surface area contributed by atoms with Gasteiger partial charge in [-0.2, -0.15) is 0 Å². The molecule has 2 heterocycles. The van der Waals surface area contributed by atoms with Crippen molar-refractivity contribution in [3.05, 3.63) is 0 Å². The first-order valence-corrected chi connectivity index (χ1v) is 8.46. The van der Waals surface area contributed by atoms with Gasteiger partial charge in [-0.25, -0.2) is 17.5 Å². The van der Waals surface area contributed by atoms with E-state index in [0.29, 0.717) is 19.4 Å². The van der Waals surface area contributed by atoms with Crippen molar-refractivity contribution in [2.75, 3.05) is 19.3 Å². The minimum atomic E-state index is -3.27. The fourth-order valence-corrected chi connectivity index (χ4v) is 3.35. The number of carbonyl (C=O) groups excluding carboxylic acids is 3. The summed E-state index contributed by atoms with van der Waals surface area (Å²) >= 11 is 0. The minimum Gasteiger partial charge on any atom is -0.352 e. The Kier molecular flexibility index (Phi) is 4.47. The zero-order valence-electron chi connectivity index (χ0n) is 11.6. The lowest BCUT2D eigenvalue weighted by atomic mass is 10.1. The van der Waals surface area contributed by atoms with Crippen molar-refractivity contribution in [2.24, 2.45) is 0 Å². The molecular weight excluding hydrogens is 300 g/mol. The van der Waals surface area contributed by atoms with Crippen LogP contribution in [0.1, 0.15) is 19.3 Å². The summed E-state index contributed by atoms with van der Waals surface area (Å²) in [4.78, 5) is 34.1. The van der Waals surface area contributed by atoms with Gasteiger partial charge in [0.2, 0.25) is 15.9 Å². The molecule has 0 aromatic carbocycles. The number of sulfonamides is 1. The topological polar surface area (TPSA) is 125 Å². The monoisotopic (exact) mass is 318 g/mol. The van der Waals surface area contributed by atoms with E-state index in [1.54, 1.807) is 0 Å². The van der Waals surface area contributed by atoms with Gasteiger partial charge in [0.15, 0.2) is 0 Å². The highest BCUT2D eigenvalue weighted by Crippen LogP contribution is 2.13. The summed E-state index contributed by atoms with van der Waals surface area (Å²) in [6.07, 6.45) is 2.32. The first-order valence-electron chi connectivity index (χ1n) is 6.61. The second kappa shape index (κ2) is 5.98. The fraction of sp³-hybridized carbons (Fsp3) is 0.727. The van der Waals surface area contributed by atoms with Crippen LogP contribution in [0.5, 0.6) is 0 Å². The van der Waals surface area contributed by atoms with Crippen molar-refractivity contribution >= 4 is 27.9 Å². The number of hydrogen-bond donors (Lipinski definition) is 3. The smallest absolute Gasteiger partial charge is 0.322 e. The molecule has 2 aliphatic heterocycles. The molecule has 0 spiro atoms. The Morgan fingerprint density at radius 1 is 1.43 bits per heavy atom. The van der Waals surface area contributed by atoms with Crippen LogP contribution in [-0.2, 0) is 19.6 Å². The molecule has 0 aromatic rings. The highest BCUT2D eigenvalue weighted by atomic mass is 32.2. The van der Waals surface area contributed by atoms with Crippen molar-refractivity contribution in [2.45, 2.75) is 31.3 Å². The molecule has 0 radical (unpaired) electrons. The van der Waals surface area contributed by atoms with Gasteiger partial charge >= 0.3 is 6.03 Å². The van der Waals surface area contributed by atoms with Crippen molar-refractivity contribution < 1.29 is 22.8 Å². The Bertz CT molecular complexity index is 561. The van der Waals surface area contributed by atoms with Gasteiger partial charge in [-0.15, -0.1) is 0 Å². The van der Waals surface area contributed by atoms with Gasteiger partial charge in [0.25, 0.3) is 5.91 Å². The van der Waals surface area contributed by atoms with Gasteiger partial charge in [0.1, 0.15) is 6.04 Å². The Hall–Kier alpha value is -1.68. The number of amides is 4. The van der Waals surface area contributed by atoms with Crippen molar-refractivity contribution in [1.82, 2.24) is 20.3 Å². The Morgan fingerprint density at radius 2 is 2.14 bits per heavy atom. The molecule has 10 heteroatoms. The van der Waals surface area contributed by atoms with Crippen molar-refractivity contribution in [3.8, 4) is 0 Å². The molecule has 0 aromatic heterocycles. The van der Waals surface area contributed by atoms with Crippen LogP contribution in [0.2, 0.25) is 0 Å².